The molecule has 1 rings (SSSR count). The molecule has 3 heteroatoms. The summed E-state index contributed by atoms with van der Waals surface area (Å²) in [6, 6.07) is 5.43. The smallest absolute Gasteiger partial charge is 0.356 e. The van der Waals surface area contributed by atoms with Crippen molar-refractivity contribution in [2.75, 3.05) is 7.11 Å². The van der Waals surface area contributed by atoms with Gasteiger partial charge in [0, 0.05) is 5.69 Å². The first-order valence-electron chi connectivity index (χ1n) is 4.74. The minimum Gasteiger partial charge on any atom is -0.464 e. The first-order valence-corrected chi connectivity index (χ1v) is 4.74. The molecular formula is C11H15NO2. The lowest BCUT2D eigenvalue weighted by molar-refractivity contribution is 0.0593. The molecule has 0 N–H and O–H groups in total. The quantitative estimate of drug-likeness (QED) is 0.692. The molecule has 0 aliphatic carbocycles. The van der Waals surface area contributed by atoms with Crippen LogP contribution in [0.5, 0.6) is 0 Å². The SMILES string of the molecule is CCC(C)c1cccc(C(=O)OC)n1. The monoisotopic (exact) mass is 193 g/mol. The van der Waals surface area contributed by atoms with E-state index in [1.165, 1.54) is 7.11 Å². The molecule has 0 amide bonds. The Balaban J connectivity index is 2.95. The van der Waals surface area contributed by atoms with Crippen molar-refractivity contribution in [2.24, 2.45) is 0 Å². The van der Waals surface area contributed by atoms with Gasteiger partial charge in [-0.05, 0) is 24.5 Å². The van der Waals surface area contributed by atoms with E-state index in [-0.39, 0.29) is 5.97 Å². The third-order valence-corrected chi connectivity index (χ3v) is 2.28. The van der Waals surface area contributed by atoms with Crippen LogP contribution in [-0.2, 0) is 4.74 Å². The maximum absolute atomic E-state index is 11.2. The number of pyridine rings is 1. The van der Waals surface area contributed by atoms with Crippen LogP contribution in [-0.4, -0.2) is 18.1 Å². The van der Waals surface area contributed by atoms with Crippen molar-refractivity contribution in [3.05, 3.63) is 29.6 Å². The molecule has 0 bridgehead atoms. The molecule has 1 atom stereocenters. The van der Waals surface area contributed by atoms with E-state index in [1.54, 1.807) is 6.07 Å². The molecule has 0 saturated heterocycles. The maximum Gasteiger partial charge on any atom is 0.356 e. The molecule has 1 unspecified atom stereocenters. The molecule has 0 aliphatic rings. The second kappa shape index (κ2) is 4.74. The Bertz CT molecular complexity index is 323. The fourth-order valence-corrected chi connectivity index (χ4v) is 1.15. The number of nitrogens with zero attached hydrogens (tertiary/aromatic N) is 1. The van der Waals surface area contributed by atoms with Crippen LogP contribution in [0.25, 0.3) is 0 Å². The van der Waals surface area contributed by atoms with Gasteiger partial charge in [-0.3, -0.25) is 0 Å². The van der Waals surface area contributed by atoms with Gasteiger partial charge < -0.3 is 4.74 Å². The summed E-state index contributed by atoms with van der Waals surface area (Å²) in [4.78, 5) is 15.4. The zero-order valence-electron chi connectivity index (χ0n) is 8.78. The largest absolute Gasteiger partial charge is 0.464 e. The highest BCUT2D eigenvalue weighted by Gasteiger charge is 2.10. The Labute approximate surface area is 84.1 Å². The van der Waals surface area contributed by atoms with Crippen molar-refractivity contribution >= 4 is 5.97 Å². The van der Waals surface area contributed by atoms with Crippen molar-refractivity contribution in [2.45, 2.75) is 26.2 Å². The van der Waals surface area contributed by atoms with E-state index < -0.39 is 0 Å². The summed E-state index contributed by atoms with van der Waals surface area (Å²) in [6.07, 6.45) is 1.01. The number of rotatable bonds is 3. The molecule has 14 heavy (non-hydrogen) atoms. The molecular weight excluding hydrogens is 178 g/mol. The molecule has 0 fully saturated rings. The lowest BCUT2D eigenvalue weighted by atomic mass is 10.0. The van der Waals surface area contributed by atoms with E-state index in [4.69, 9.17) is 0 Å². The van der Waals surface area contributed by atoms with Gasteiger partial charge in [0.15, 0.2) is 0 Å². The molecule has 0 saturated carbocycles. The number of methoxy groups -OCH3 is 1. The zero-order chi connectivity index (χ0) is 10.6. The average Bonchev–Trinajstić information content (AvgIpc) is 2.27. The Hall–Kier alpha value is -1.38. The summed E-state index contributed by atoms with van der Waals surface area (Å²) >= 11 is 0. The van der Waals surface area contributed by atoms with Gasteiger partial charge in [0.1, 0.15) is 5.69 Å². The van der Waals surface area contributed by atoms with Gasteiger partial charge in [0.2, 0.25) is 0 Å². The molecule has 3 nitrogen and oxygen atoms in total. The standard InChI is InChI=1S/C11H15NO2/c1-4-8(2)9-6-5-7-10(12-9)11(13)14-3/h5-8H,4H2,1-3H3. The number of ether oxygens (including phenoxy) is 1. The minimum absolute atomic E-state index is 0.375. The van der Waals surface area contributed by atoms with E-state index in [9.17, 15) is 4.79 Å². The molecule has 1 aromatic rings. The fourth-order valence-electron chi connectivity index (χ4n) is 1.15. The van der Waals surface area contributed by atoms with Gasteiger partial charge in [0.25, 0.3) is 0 Å². The molecule has 0 spiro atoms. The number of aromatic nitrogens is 1. The van der Waals surface area contributed by atoms with Gasteiger partial charge in [-0.1, -0.05) is 19.9 Å². The van der Waals surface area contributed by atoms with Gasteiger partial charge in [-0.25, -0.2) is 9.78 Å². The summed E-state index contributed by atoms with van der Waals surface area (Å²) in [5.74, 6) is -0.00485. The topological polar surface area (TPSA) is 39.2 Å². The number of carbonyl (C=O) groups is 1. The van der Waals surface area contributed by atoms with E-state index >= 15 is 0 Å². The number of hydrogen-bond donors (Lipinski definition) is 0. The van der Waals surface area contributed by atoms with Gasteiger partial charge in [-0.15, -0.1) is 0 Å². The average molecular weight is 193 g/mol. The predicted molar refractivity (Wildman–Crippen MR) is 54.3 cm³/mol. The van der Waals surface area contributed by atoms with Crippen molar-refractivity contribution in [1.29, 1.82) is 0 Å². The lowest BCUT2D eigenvalue weighted by Crippen LogP contribution is -2.06. The van der Waals surface area contributed by atoms with Crippen molar-refractivity contribution in [3.63, 3.8) is 0 Å². The molecule has 1 heterocycles. The van der Waals surface area contributed by atoms with E-state index in [1.807, 2.05) is 12.1 Å². The summed E-state index contributed by atoms with van der Waals surface area (Å²) in [5.41, 5.74) is 1.32. The summed E-state index contributed by atoms with van der Waals surface area (Å²) in [7, 11) is 1.36. The van der Waals surface area contributed by atoms with Gasteiger partial charge >= 0.3 is 5.97 Å². The third kappa shape index (κ3) is 2.31. The minimum atomic E-state index is -0.379. The summed E-state index contributed by atoms with van der Waals surface area (Å²) < 4.78 is 4.60. The Morgan fingerprint density at radius 1 is 1.57 bits per heavy atom. The van der Waals surface area contributed by atoms with Crippen LogP contribution in [0.15, 0.2) is 18.2 Å². The highest BCUT2D eigenvalue weighted by Crippen LogP contribution is 2.16. The molecule has 1 aromatic heterocycles. The zero-order valence-corrected chi connectivity index (χ0v) is 8.78. The summed E-state index contributed by atoms with van der Waals surface area (Å²) in [6.45, 7) is 4.18. The van der Waals surface area contributed by atoms with Crippen LogP contribution >= 0.6 is 0 Å². The molecule has 76 valence electrons. The number of carbonyl (C=O) groups excluding carboxylic acids is 1. The second-order valence-corrected chi connectivity index (χ2v) is 3.25. The van der Waals surface area contributed by atoms with Crippen molar-refractivity contribution in [3.8, 4) is 0 Å². The van der Waals surface area contributed by atoms with Crippen LogP contribution in [0.1, 0.15) is 42.4 Å². The molecule has 0 radical (unpaired) electrons. The highest BCUT2D eigenvalue weighted by atomic mass is 16.5. The highest BCUT2D eigenvalue weighted by molar-refractivity contribution is 5.87. The van der Waals surface area contributed by atoms with Crippen LogP contribution in [0.3, 0.4) is 0 Å². The number of hydrogen-bond acceptors (Lipinski definition) is 3. The Kier molecular flexibility index (Phi) is 3.63. The predicted octanol–water partition coefficient (Wildman–Crippen LogP) is 2.38. The van der Waals surface area contributed by atoms with Gasteiger partial charge in [0.05, 0.1) is 7.11 Å². The Morgan fingerprint density at radius 2 is 2.29 bits per heavy atom. The van der Waals surface area contributed by atoms with Crippen LogP contribution < -0.4 is 0 Å². The first-order chi connectivity index (χ1) is 6.69. The molecule has 0 aromatic carbocycles. The van der Waals surface area contributed by atoms with Crippen LogP contribution in [0.4, 0.5) is 0 Å². The van der Waals surface area contributed by atoms with E-state index in [0.717, 1.165) is 12.1 Å². The number of esters is 1. The normalized spacial score (nSPS) is 12.2. The summed E-state index contributed by atoms with van der Waals surface area (Å²) in [5, 5.41) is 0. The van der Waals surface area contributed by atoms with Crippen LogP contribution in [0, 0.1) is 0 Å². The van der Waals surface area contributed by atoms with Crippen molar-refractivity contribution < 1.29 is 9.53 Å². The third-order valence-electron chi connectivity index (χ3n) is 2.28. The van der Waals surface area contributed by atoms with E-state index in [0.29, 0.717) is 11.6 Å². The van der Waals surface area contributed by atoms with E-state index in [2.05, 4.69) is 23.6 Å². The first kappa shape index (κ1) is 10.7. The van der Waals surface area contributed by atoms with Gasteiger partial charge in [-0.2, -0.15) is 0 Å². The maximum atomic E-state index is 11.2. The fraction of sp³-hybridized carbons (Fsp3) is 0.455. The molecule has 0 aliphatic heterocycles. The lowest BCUT2D eigenvalue weighted by Gasteiger charge is -2.08. The van der Waals surface area contributed by atoms with Crippen molar-refractivity contribution in [1.82, 2.24) is 4.98 Å². The Morgan fingerprint density at radius 3 is 2.86 bits per heavy atom. The second-order valence-electron chi connectivity index (χ2n) is 3.25. The van der Waals surface area contributed by atoms with Crippen LogP contribution in [0.2, 0.25) is 0 Å².